The van der Waals surface area contributed by atoms with Crippen LogP contribution in [0.1, 0.15) is 6.42 Å². The minimum Gasteiger partial charge on any atom is -0.497 e. The molecule has 3 aliphatic rings. The lowest BCUT2D eigenvalue weighted by Crippen LogP contribution is -3.19. The fourth-order valence-corrected chi connectivity index (χ4v) is 6.12. The molecule has 2 fully saturated rings. The van der Waals surface area contributed by atoms with Gasteiger partial charge in [0.2, 0.25) is 15.9 Å². The summed E-state index contributed by atoms with van der Waals surface area (Å²) in [7, 11) is -2.19. The highest BCUT2D eigenvalue weighted by Gasteiger charge is 2.47. The zero-order valence-electron chi connectivity index (χ0n) is 18.7. The molecule has 0 bridgehead atoms. The van der Waals surface area contributed by atoms with Gasteiger partial charge in [-0.3, -0.25) is 9.59 Å². The van der Waals surface area contributed by atoms with Gasteiger partial charge in [-0.05, 0) is 24.3 Å². The lowest BCUT2D eigenvalue weighted by molar-refractivity contribution is -0.918. The van der Waals surface area contributed by atoms with Gasteiger partial charge < -0.3 is 19.1 Å². The van der Waals surface area contributed by atoms with Gasteiger partial charge >= 0.3 is 0 Å². The number of rotatable bonds is 5. The van der Waals surface area contributed by atoms with E-state index < -0.39 is 16.1 Å². The lowest BCUT2D eigenvalue weighted by atomic mass is 10.2. The first-order chi connectivity index (χ1) is 16.4. The van der Waals surface area contributed by atoms with Gasteiger partial charge in [-0.1, -0.05) is 6.07 Å². The van der Waals surface area contributed by atoms with Crippen LogP contribution < -0.4 is 24.0 Å². The fourth-order valence-electron chi connectivity index (χ4n) is 4.67. The summed E-state index contributed by atoms with van der Waals surface area (Å²) >= 11 is 0. The van der Waals surface area contributed by atoms with Crippen molar-refractivity contribution in [2.75, 3.05) is 51.4 Å². The van der Waals surface area contributed by atoms with E-state index in [1.807, 2.05) is 0 Å². The van der Waals surface area contributed by atoms with Gasteiger partial charge in [0.25, 0.3) is 5.91 Å². The fraction of sp³-hybridized carbons (Fsp3) is 0.391. The summed E-state index contributed by atoms with van der Waals surface area (Å²) in [4.78, 5) is 28.1. The Morgan fingerprint density at radius 3 is 2.47 bits per heavy atom. The van der Waals surface area contributed by atoms with Crippen molar-refractivity contribution in [2.24, 2.45) is 0 Å². The van der Waals surface area contributed by atoms with Gasteiger partial charge in [-0.2, -0.15) is 4.31 Å². The summed E-state index contributed by atoms with van der Waals surface area (Å²) in [6.45, 7) is 2.17. The van der Waals surface area contributed by atoms with E-state index in [1.165, 1.54) is 28.4 Å². The Labute approximate surface area is 197 Å². The number of nitrogens with one attached hydrogen (secondary N) is 1. The largest absolute Gasteiger partial charge is 0.497 e. The van der Waals surface area contributed by atoms with Gasteiger partial charge in [0.15, 0.2) is 17.5 Å². The van der Waals surface area contributed by atoms with Crippen LogP contribution in [-0.4, -0.2) is 77.1 Å². The second-order valence-electron chi connectivity index (χ2n) is 8.39. The smallest absolute Gasteiger partial charge is 0.292 e. The molecule has 0 saturated carbocycles. The number of nitrogens with zero attached hydrogens (tertiary/aromatic N) is 2. The van der Waals surface area contributed by atoms with E-state index >= 15 is 0 Å². The first-order valence-corrected chi connectivity index (χ1v) is 12.6. The molecule has 0 unspecified atom stereocenters. The van der Waals surface area contributed by atoms with Crippen LogP contribution in [0.5, 0.6) is 17.2 Å². The van der Waals surface area contributed by atoms with E-state index in [4.69, 9.17) is 14.2 Å². The Balaban J connectivity index is 1.27. The van der Waals surface area contributed by atoms with Crippen LogP contribution in [0.15, 0.2) is 47.4 Å². The molecule has 5 rings (SSSR count). The van der Waals surface area contributed by atoms with E-state index in [1.54, 1.807) is 30.3 Å². The number of quaternary nitrogens is 1. The van der Waals surface area contributed by atoms with Crippen molar-refractivity contribution in [3.05, 3.63) is 42.5 Å². The van der Waals surface area contributed by atoms with Crippen LogP contribution in [0.3, 0.4) is 0 Å². The van der Waals surface area contributed by atoms with E-state index in [-0.39, 0.29) is 36.2 Å². The molecule has 0 spiro atoms. The second kappa shape index (κ2) is 8.90. The molecule has 180 valence electrons. The molecule has 10 nitrogen and oxygen atoms in total. The van der Waals surface area contributed by atoms with Gasteiger partial charge in [0.1, 0.15) is 19.0 Å². The predicted octanol–water partition coefficient (Wildman–Crippen LogP) is -0.312. The number of imide groups is 1. The molecule has 3 aliphatic heterocycles. The summed E-state index contributed by atoms with van der Waals surface area (Å²) in [5.74, 6) is 0.985. The second-order valence-corrected chi connectivity index (χ2v) is 10.3. The Hall–Kier alpha value is -3.15. The third kappa shape index (κ3) is 3.99. The zero-order chi connectivity index (χ0) is 23.9. The number of methoxy groups -OCH3 is 1. The zero-order valence-corrected chi connectivity index (χ0v) is 19.5. The van der Waals surface area contributed by atoms with Crippen molar-refractivity contribution in [3.63, 3.8) is 0 Å². The Morgan fingerprint density at radius 2 is 1.74 bits per heavy atom. The Bertz CT molecular complexity index is 1220. The van der Waals surface area contributed by atoms with Crippen LogP contribution in [0, 0.1) is 0 Å². The van der Waals surface area contributed by atoms with Crippen LogP contribution in [0.25, 0.3) is 0 Å². The van der Waals surface area contributed by atoms with Crippen LogP contribution in [0.4, 0.5) is 5.69 Å². The van der Waals surface area contributed by atoms with Gasteiger partial charge in [-0.15, -0.1) is 0 Å². The molecule has 2 saturated heterocycles. The van der Waals surface area contributed by atoms with E-state index in [9.17, 15) is 18.0 Å². The van der Waals surface area contributed by atoms with Crippen molar-refractivity contribution in [3.8, 4) is 17.2 Å². The van der Waals surface area contributed by atoms with E-state index in [0.29, 0.717) is 49.2 Å². The van der Waals surface area contributed by atoms with E-state index in [2.05, 4.69) is 0 Å². The minimum absolute atomic E-state index is 0.0975. The predicted molar refractivity (Wildman–Crippen MR) is 121 cm³/mol. The maximum atomic E-state index is 13.2. The summed E-state index contributed by atoms with van der Waals surface area (Å²) in [5, 5.41) is 0. The normalized spacial score (nSPS) is 21.7. The average Bonchev–Trinajstić information content (AvgIpc) is 3.17. The molecule has 0 aromatic heterocycles. The molecular formula is C23H26N3O7S+. The Kier molecular flexibility index (Phi) is 5.92. The number of hydrogen-bond acceptors (Lipinski definition) is 7. The van der Waals surface area contributed by atoms with Crippen molar-refractivity contribution < 1.29 is 37.1 Å². The number of piperazine rings is 1. The monoisotopic (exact) mass is 488 g/mol. The number of hydrogen-bond donors (Lipinski definition) is 1. The summed E-state index contributed by atoms with van der Waals surface area (Å²) in [6.07, 6.45) is 0.0975. The molecule has 1 N–H and O–H groups in total. The molecule has 11 heteroatoms. The van der Waals surface area contributed by atoms with Crippen LogP contribution >= 0.6 is 0 Å². The quantitative estimate of drug-likeness (QED) is 0.576. The van der Waals surface area contributed by atoms with Gasteiger partial charge in [-0.25, -0.2) is 13.3 Å². The molecule has 1 atom stereocenters. The van der Waals surface area contributed by atoms with Gasteiger partial charge in [0.05, 0.1) is 50.3 Å². The maximum absolute atomic E-state index is 13.2. The maximum Gasteiger partial charge on any atom is 0.292 e. The summed E-state index contributed by atoms with van der Waals surface area (Å²) in [6, 6.07) is 10.9. The lowest BCUT2D eigenvalue weighted by Gasteiger charge is -2.33. The highest BCUT2D eigenvalue weighted by atomic mass is 32.2. The van der Waals surface area contributed by atoms with E-state index in [0.717, 1.165) is 4.90 Å². The standard InChI is InChI=1S/C23H25N3O7S/c1-31-17-4-2-3-16(13-17)26-22(27)15-19(23(26)28)24-7-9-25(10-8-24)34(29,30)18-5-6-20-21(14-18)33-12-11-32-20/h2-6,13-14,19H,7-12,15H2,1H3/p+1/t19-/m0/s1. The summed E-state index contributed by atoms with van der Waals surface area (Å²) < 4.78 is 44.0. The SMILES string of the molecule is COc1cccc(N2C(=O)C[C@H]([NH+]3CCN(S(=O)(=O)c4ccc5c(c4)OCCO5)CC3)C2=O)c1. The number of ether oxygens (including phenoxy) is 3. The Morgan fingerprint density at radius 1 is 1.00 bits per heavy atom. The molecule has 2 aromatic carbocycles. The molecule has 0 aliphatic carbocycles. The molecule has 0 radical (unpaired) electrons. The summed E-state index contributed by atoms with van der Waals surface area (Å²) in [5.41, 5.74) is 0.482. The molecular weight excluding hydrogens is 462 g/mol. The number of carbonyl (C=O) groups excluding carboxylic acids is 2. The number of carbonyl (C=O) groups is 2. The van der Waals surface area contributed by atoms with Crippen molar-refractivity contribution in [2.45, 2.75) is 17.4 Å². The molecule has 3 heterocycles. The highest BCUT2D eigenvalue weighted by molar-refractivity contribution is 7.89. The molecule has 34 heavy (non-hydrogen) atoms. The number of benzene rings is 2. The topological polar surface area (TPSA) is 107 Å². The highest BCUT2D eigenvalue weighted by Crippen LogP contribution is 2.33. The average molecular weight is 489 g/mol. The molecule has 2 aromatic rings. The van der Waals surface area contributed by atoms with Crippen molar-refractivity contribution in [1.82, 2.24) is 4.31 Å². The number of fused-ring (bicyclic) bond motifs is 1. The first-order valence-electron chi connectivity index (χ1n) is 11.1. The number of sulfonamides is 1. The van der Waals surface area contributed by atoms with Crippen LogP contribution in [-0.2, 0) is 19.6 Å². The first kappa shape index (κ1) is 22.6. The van der Waals surface area contributed by atoms with Crippen LogP contribution in [0.2, 0.25) is 0 Å². The van der Waals surface area contributed by atoms with Crippen molar-refractivity contribution >= 4 is 27.5 Å². The minimum atomic E-state index is -3.72. The molecule has 2 amide bonds. The van der Waals surface area contributed by atoms with Gasteiger partial charge in [0, 0.05) is 12.1 Å². The number of anilines is 1. The van der Waals surface area contributed by atoms with Crippen molar-refractivity contribution in [1.29, 1.82) is 0 Å². The number of amides is 2. The third-order valence-electron chi connectivity index (χ3n) is 6.47. The third-order valence-corrected chi connectivity index (χ3v) is 8.36.